The van der Waals surface area contributed by atoms with Crippen molar-refractivity contribution >= 4 is 34.6 Å². The molecule has 0 bridgehead atoms. The number of amides is 1. The first-order valence-electron chi connectivity index (χ1n) is 9.31. The molecule has 0 radical (unpaired) electrons. The molecular formula is C21H22F3N3OS. The molecule has 0 spiro atoms. The maximum absolute atomic E-state index is 13.2. The Labute approximate surface area is 173 Å². The van der Waals surface area contributed by atoms with E-state index < -0.39 is 17.6 Å². The van der Waals surface area contributed by atoms with Gasteiger partial charge in [-0.15, -0.1) is 0 Å². The second-order valence-electron chi connectivity index (χ2n) is 7.13. The zero-order valence-electron chi connectivity index (χ0n) is 16.2. The number of alkyl halides is 3. The summed E-state index contributed by atoms with van der Waals surface area (Å²) >= 11 is 5.20. The van der Waals surface area contributed by atoms with E-state index in [1.54, 1.807) is 12.1 Å². The Balaban J connectivity index is 1.80. The largest absolute Gasteiger partial charge is 0.416 e. The van der Waals surface area contributed by atoms with Gasteiger partial charge < -0.3 is 10.2 Å². The maximum Gasteiger partial charge on any atom is 0.416 e. The molecule has 1 fully saturated rings. The van der Waals surface area contributed by atoms with Gasteiger partial charge in [-0.1, -0.05) is 6.07 Å². The van der Waals surface area contributed by atoms with Crippen LogP contribution >= 0.6 is 12.2 Å². The molecule has 1 saturated heterocycles. The van der Waals surface area contributed by atoms with Crippen LogP contribution in [0.2, 0.25) is 0 Å². The van der Waals surface area contributed by atoms with E-state index in [9.17, 15) is 18.0 Å². The second kappa shape index (κ2) is 8.41. The molecule has 0 unspecified atom stereocenters. The Kier molecular flexibility index (Phi) is 6.12. The van der Waals surface area contributed by atoms with Crippen LogP contribution in [0.5, 0.6) is 0 Å². The van der Waals surface area contributed by atoms with Crippen molar-refractivity contribution in [3.8, 4) is 0 Å². The molecule has 3 rings (SSSR count). The van der Waals surface area contributed by atoms with E-state index in [1.807, 2.05) is 24.8 Å². The normalized spacial score (nSPS) is 14.0. The van der Waals surface area contributed by atoms with Gasteiger partial charge in [0.05, 0.1) is 16.9 Å². The number of carbonyl (C=O) groups is 1. The molecule has 0 saturated carbocycles. The summed E-state index contributed by atoms with van der Waals surface area (Å²) in [6, 6.07) is 8.80. The van der Waals surface area contributed by atoms with Crippen LogP contribution in [0.15, 0.2) is 36.4 Å². The molecule has 29 heavy (non-hydrogen) atoms. The molecule has 2 aromatic rings. The number of nitrogens with one attached hydrogen (secondary N) is 2. The Morgan fingerprint density at radius 1 is 1.03 bits per heavy atom. The van der Waals surface area contributed by atoms with Gasteiger partial charge in [-0.2, -0.15) is 13.2 Å². The quantitative estimate of drug-likeness (QED) is 0.681. The third kappa shape index (κ3) is 5.06. The van der Waals surface area contributed by atoms with Crippen molar-refractivity contribution in [2.24, 2.45) is 0 Å². The fourth-order valence-electron chi connectivity index (χ4n) is 3.26. The standard InChI is InChI=1S/C21H22F3N3OS/c1-13-5-6-15(11-14(13)2)19(28)26-20(29)25-17-12-16(21(22,23)24)7-8-18(17)27-9-3-4-10-27/h5-8,11-12H,3-4,9-10H2,1-2H3,(H2,25,26,28,29). The van der Waals surface area contributed by atoms with Crippen LogP contribution in [0.25, 0.3) is 0 Å². The van der Waals surface area contributed by atoms with Crippen LogP contribution in [0, 0.1) is 13.8 Å². The van der Waals surface area contributed by atoms with Crippen LogP contribution < -0.4 is 15.5 Å². The minimum Gasteiger partial charge on any atom is -0.370 e. The summed E-state index contributed by atoms with van der Waals surface area (Å²) in [7, 11) is 0. The predicted octanol–water partition coefficient (Wildman–Crippen LogP) is 5.05. The molecule has 4 nitrogen and oxygen atoms in total. The first-order valence-corrected chi connectivity index (χ1v) is 9.72. The third-order valence-electron chi connectivity index (χ3n) is 5.01. The van der Waals surface area contributed by atoms with E-state index in [1.165, 1.54) is 6.07 Å². The zero-order chi connectivity index (χ0) is 21.2. The maximum atomic E-state index is 13.2. The van der Waals surface area contributed by atoms with Crippen LogP contribution in [-0.2, 0) is 6.18 Å². The second-order valence-corrected chi connectivity index (χ2v) is 7.54. The number of hydrogen-bond acceptors (Lipinski definition) is 3. The van der Waals surface area contributed by atoms with Gasteiger partial charge in [0, 0.05) is 18.7 Å². The van der Waals surface area contributed by atoms with Gasteiger partial charge in [0.2, 0.25) is 0 Å². The third-order valence-corrected chi connectivity index (χ3v) is 5.22. The first-order chi connectivity index (χ1) is 13.6. The summed E-state index contributed by atoms with van der Waals surface area (Å²) in [5, 5.41) is 5.29. The monoisotopic (exact) mass is 421 g/mol. The summed E-state index contributed by atoms with van der Waals surface area (Å²) in [4.78, 5) is 14.5. The number of halogens is 3. The van der Waals surface area contributed by atoms with Gasteiger partial charge in [-0.25, -0.2) is 0 Å². The molecule has 1 amide bonds. The van der Waals surface area contributed by atoms with Crippen LogP contribution in [0.1, 0.15) is 39.9 Å². The average molecular weight is 421 g/mol. The summed E-state index contributed by atoms with van der Waals surface area (Å²) < 4.78 is 39.5. The minimum absolute atomic E-state index is 0.0481. The van der Waals surface area contributed by atoms with E-state index in [0.717, 1.165) is 49.2 Å². The highest BCUT2D eigenvalue weighted by Gasteiger charge is 2.32. The summed E-state index contributed by atoms with van der Waals surface area (Å²) in [6.45, 7) is 5.37. The lowest BCUT2D eigenvalue weighted by atomic mass is 10.1. The van der Waals surface area contributed by atoms with Crippen molar-refractivity contribution in [3.63, 3.8) is 0 Å². The zero-order valence-corrected chi connectivity index (χ0v) is 17.0. The fourth-order valence-corrected chi connectivity index (χ4v) is 3.46. The van der Waals surface area contributed by atoms with E-state index in [2.05, 4.69) is 10.6 Å². The van der Waals surface area contributed by atoms with Gasteiger partial charge in [0.25, 0.3) is 5.91 Å². The minimum atomic E-state index is -4.47. The average Bonchev–Trinajstić information content (AvgIpc) is 3.17. The van der Waals surface area contributed by atoms with Crippen LogP contribution in [-0.4, -0.2) is 24.1 Å². The van der Waals surface area contributed by atoms with E-state index in [-0.39, 0.29) is 10.8 Å². The number of anilines is 2. The van der Waals surface area contributed by atoms with Crippen molar-refractivity contribution in [1.29, 1.82) is 0 Å². The number of carbonyl (C=O) groups excluding carboxylic acids is 1. The van der Waals surface area contributed by atoms with E-state index >= 15 is 0 Å². The van der Waals surface area contributed by atoms with Gasteiger partial charge in [-0.05, 0) is 80.4 Å². The van der Waals surface area contributed by atoms with Crippen LogP contribution in [0.3, 0.4) is 0 Å². The SMILES string of the molecule is Cc1ccc(C(=O)NC(=S)Nc2cc(C(F)(F)F)ccc2N2CCCC2)cc1C. The topological polar surface area (TPSA) is 44.4 Å². The lowest BCUT2D eigenvalue weighted by Crippen LogP contribution is -2.34. The molecule has 2 N–H and O–H groups in total. The van der Waals surface area contributed by atoms with Crippen molar-refractivity contribution in [2.75, 3.05) is 23.3 Å². The summed E-state index contributed by atoms with van der Waals surface area (Å²) in [6.07, 6.45) is -2.51. The highest BCUT2D eigenvalue weighted by atomic mass is 32.1. The van der Waals surface area contributed by atoms with Crippen molar-refractivity contribution in [1.82, 2.24) is 5.32 Å². The first kappa shape index (κ1) is 21.1. The number of nitrogens with zero attached hydrogens (tertiary/aromatic N) is 1. The Hall–Kier alpha value is -2.61. The van der Waals surface area contributed by atoms with E-state index in [4.69, 9.17) is 12.2 Å². The number of hydrogen-bond donors (Lipinski definition) is 2. The molecule has 1 aliphatic heterocycles. The molecule has 0 aliphatic carbocycles. The molecule has 1 heterocycles. The lowest BCUT2D eigenvalue weighted by Gasteiger charge is -2.23. The molecular weight excluding hydrogens is 399 g/mol. The number of benzene rings is 2. The number of thiocarbonyl (C=S) groups is 1. The van der Waals surface area contributed by atoms with Crippen molar-refractivity contribution in [2.45, 2.75) is 32.9 Å². The fraction of sp³-hybridized carbons (Fsp3) is 0.333. The van der Waals surface area contributed by atoms with Crippen molar-refractivity contribution < 1.29 is 18.0 Å². The highest BCUT2D eigenvalue weighted by Crippen LogP contribution is 2.36. The smallest absolute Gasteiger partial charge is 0.370 e. The number of rotatable bonds is 3. The van der Waals surface area contributed by atoms with Gasteiger partial charge in [0.1, 0.15) is 0 Å². The Morgan fingerprint density at radius 3 is 2.34 bits per heavy atom. The molecule has 0 aromatic heterocycles. The van der Waals surface area contributed by atoms with E-state index in [0.29, 0.717) is 11.3 Å². The molecule has 1 aliphatic rings. The number of aryl methyl sites for hydroxylation is 2. The van der Waals surface area contributed by atoms with Crippen molar-refractivity contribution in [3.05, 3.63) is 58.7 Å². The summed E-state index contributed by atoms with van der Waals surface area (Å²) in [5.74, 6) is -0.416. The summed E-state index contributed by atoms with van der Waals surface area (Å²) in [5.41, 5.74) is 2.55. The molecule has 8 heteroatoms. The predicted molar refractivity (Wildman–Crippen MR) is 112 cm³/mol. The van der Waals surface area contributed by atoms with Gasteiger partial charge >= 0.3 is 6.18 Å². The molecule has 2 aromatic carbocycles. The van der Waals surface area contributed by atoms with Crippen LogP contribution in [0.4, 0.5) is 24.5 Å². The lowest BCUT2D eigenvalue weighted by molar-refractivity contribution is -0.137. The molecule has 154 valence electrons. The highest BCUT2D eigenvalue weighted by molar-refractivity contribution is 7.80. The van der Waals surface area contributed by atoms with Gasteiger partial charge in [0.15, 0.2) is 5.11 Å². The Morgan fingerprint density at radius 2 is 1.72 bits per heavy atom. The van der Waals surface area contributed by atoms with Gasteiger partial charge in [-0.3, -0.25) is 10.1 Å². The molecule has 0 atom stereocenters. The Bertz CT molecular complexity index is 937.